The highest BCUT2D eigenvalue weighted by molar-refractivity contribution is 7.00. The Labute approximate surface area is 741 Å². The Balaban J connectivity index is 1.13. The number of anilines is 6. The predicted octanol–water partition coefficient (Wildman–Crippen LogP) is 31.2. The van der Waals surface area contributed by atoms with Crippen LogP contribution in [0.5, 0.6) is 0 Å². The van der Waals surface area contributed by atoms with Crippen LogP contribution in [-0.4, -0.2) is 15.8 Å². The zero-order valence-electron chi connectivity index (χ0n) is 85.6. The van der Waals surface area contributed by atoms with E-state index in [1.54, 1.807) is 0 Å². The van der Waals surface area contributed by atoms with Crippen molar-refractivity contribution in [2.45, 2.75) is 239 Å². The summed E-state index contributed by atoms with van der Waals surface area (Å²) in [6.07, 6.45) is 2.22. The first-order valence-corrected chi connectivity index (χ1v) is 44.4. The average molecular weight is 1610 g/mol. The second-order valence-corrected chi connectivity index (χ2v) is 45.3. The third kappa shape index (κ3) is 15.6. The van der Waals surface area contributed by atoms with Crippen molar-refractivity contribution in [1.29, 1.82) is 0 Å². The molecule has 0 aliphatic carbocycles. The first-order chi connectivity index (χ1) is 60.4. The van der Waals surface area contributed by atoms with Gasteiger partial charge in [-0.2, -0.15) is 0 Å². The molecular weight excluding hydrogens is 1470 g/mol. The molecule has 2 aliphatic rings. The lowest BCUT2D eigenvalue weighted by atomic mass is 9.33. The quantitative estimate of drug-likeness (QED) is 0.120. The first-order valence-electron chi connectivity index (χ1n) is 48.4. The molecule has 0 fully saturated rings. The van der Waals surface area contributed by atoms with Gasteiger partial charge in [-0.3, -0.25) is 0 Å². The van der Waals surface area contributed by atoms with E-state index in [0.717, 1.165) is 158 Å². The van der Waals surface area contributed by atoms with Crippen LogP contribution in [0, 0.1) is 16.2 Å². The molecule has 0 atom stereocenters. The van der Waals surface area contributed by atoms with Gasteiger partial charge in [-0.05, 0) is 254 Å². The van der Waals surface area contributed by atoms with E-state index in [1.807, 2.05) is 0 Å². The van der Waals surface area contributed by atoms with Crippen LogP contribution in [-0.2, 0) is 51.8 Å². The number of hydrogen-bond donors (Lipinski definition) is 0. The fraction of sp³-hybridized carbons (Fsp3) is 0.333. The molecule has 0 saturated carbocycles. The second-order valence-electron chi connectivity index (χ2n) is 45.3. The molecule has 15 aromatic rings. The molecule has 0 unspecified atom stereocenters. The van der Waals surface area contributed by atoms with Gasteiger partial charge in [-0.1, -0.05) is 345 Å². The summed E-state index contributed by atoms with van der Waals surface area (Å²) in [5.74, 6) is 0. The number of benzene rings is 13. The summed E-state index contributed by atoms with van der Waals surface area (Å²) in [4.78, 5) is 5.28. The average Bonchev–Trinajstić information content (AvgIpc) is 0.872. The van der Waals surface area contributed by atoms with E-state index in [0.29, 0.717) is 28.2 Å². The largest absolute Gasteiger partial charge is 0.310 e. The van der Waals surface area contributed by atoms with Crippen molar-refractivity contribution in [3.8, 4) is 55.9 Å². The number of aromatic nitrogens is 2. The summed E-state index contributed by atoms with van der Waals surface area (Å²) >= 11 is 0. The van der Waals surface area contributed by atoms with Crippen LogP contribution in [0.25, 0.3) is 99.5 Å². The molecule has 620 valence electrons. The monoisotopic (exact) mass is 1610 g/mol. The second kappa shape index (κ2) is 29.4. The van der Waals surface area contributed by atoms with E-state index in [2.05, 4.69) is 412 Å². The zero-order chi connectivity index (χ0) is 94.0. The summed E-state index contributed by atoms with van der Waals surface area (Å²) in [6.45, 7) is 61.3. The lowest BCUT2D eigenvalue weighted by Crippen LogP contribution is -2.61. The summed E-state index contributed by atoms with van der Waals surface area (Å²) in [7, 11) is 0. The maximum atomic E-state index is 10.2. The molecule has 0 radical (unpaired) electrons. The molecule has 122 heavy (non-hydrogen) atoms. The Hall–Kier alpha value is -10.9. The number of fused-ring (bicyclic) bond motifs is 10. The number of rotatable bonds is 11. The van der Waals surface area contributed by atoms with Crippen molar-refractivity contribution < 1.29 is 11.0 Å². The van der Waals surface area contributed by atoms with Crippen molar-refractivity contribution in [2.24, 2.45) is 16.2 Å². The van der Waals surface area contributed by atoms with Gasteiger partial charge in [0.25, 0.3) is 6.71 Å². The van der Waals surface area contributed by atoms with E-state index in [1.165, 1.54) is 33.4 Å². The molecule has 2 aliphatic heterocycles. The Morgan fingerprint density at radius 2 is 0.549 bits per heavy atom. The molecule has 4 nitrogen and oxygen atoms in total. The fourth-order valence-electron chi connectivity index (χ4n) is 19.2. The Bertz CT molecular complexity index is 6620. The number of para-hydroxylation sites is 2. The van der Waals surface area contributed by atoms with Crippen LogP contribution in [0.4, 0.5) is 34.1 Å². The molecule has 0 saturated heterocycles. The Kier molecular flexibility index (Phi) is 17.8. The molecule has 4 heterocycles. The van der Waals surface area contributed by atoms with Crippen LogP contribution < -0.4 is 26.2 Å². The molecule has 2 aromatic heterocycles. The van der Waals surface area contributed by atoms with Crippen molar-refractivity contribution in [3.63, 3.8) is 0 Å². The number of nitrogens with zero attached hydrogens (tertiary/aromatic N) is 4. The van der Waals surface area contributed by atoms with Gasteiger partial charge in [0.15, 0.2) is 0 Å². The van der Waals surface area contributed by atoms with Crippen LogP contribution in [0.3, 0.4) is 0 Å². The van der Waals surface area contributed by atoms with Crippen molar-refractivity contribution in [1.82, 2.24) is 9.13 Å². The topological polar surface area (TPSA) is 16.3 Å². The maximum Gasteiger partial charge on any atom is 0.252 e. The van der Waals surface area contributed by atoms with Gasteiger partial charge >= 0.3 is 0 Å². The van der Waals surface area contributed by atoms with Gasteiger partial charge in [0.2, 0.25) is 0 Å². The van der Waals surface area contributed by atoms with Crippen molar-refractivity contribution >= 4 is 101 Å². The van der Waals surface area contributed by atoms with E-state index < -0.39 is 6.71 Å². The minimum Gasteiger partial charge on any atom is -0.310 e. The third-order valence-electron chi connectivity index (χ3n) is 25.3. The predicted molar refractivity (Wildman–Crippen MR) is 533 cm³/mol. The Morgan fingerprint density at radius 1 is 0.262 bits per heavy atom. The van der Waals surface area contributed by atoms with Crippen LogP contribution in [0.1, 0.15) is 248 Å². The smallest absolute Gasteiger partial charge is 0.252 e. The highest BCUT2D eigenvalue weighted by Crippen LogP contribution is 2.56. The SMILES string of the molecule is [2H]c1c([2H])c([2H])c2c(c1[2H])c1cc(C(C)(C)C)ccc1n2-c1ccc2c(c1)N(c1c(-c3cccc(C(C)(C)C)c3)cc(CC(C)(C)C)cc1-c1cccc(C(C)(C)C)c1)c1cc(CC(C)(C)C)cc3c1B2c1ccc(-n2c4ccc(C(C)(C)C)cc4c4c([2H])c([2H])c([2H])c([2H])c42)cc1N3c1c(-c2cccc(C(C)(C)C)c2)cc(CC(C)(C)C)cc1-c1cccc(C(C)(C)C)c1. The van der Waals surface area contributed by atoms with Gasteiger partial charge in [0, 0.05) is 77.9 Å². The zero-order valence-corrected chi connectivity index (χ0v) is 77.6. The standard InChI is InChI=1S/C117H129BN4/c1-109(2,3)70-73-56-90(76-36-32-40-80(62-76)112(10,11)12)107(91(57-73)77-37-33-41-81(63-77)113(13,14)15)121-102-68-86(119-98-46-30-28-44-88(98)94-66-84(116(22,23)24)48-54-100(94)119)50-52-96(102)118-97-53-51-87(120-99-47-31-29-45-89(99)95-67-85(117(25,26)27)49-55-101(95)120)69-103(97)122(105-61-75(72-111(7,8)9)60-104(121)106(105)118)108-92(78-38-34-42-82(64-78)114(16,17)18)58-74(71-110(4,5)6)59-93(108)79-39-35-43-83(65-79)115(19,20)21/h28-69H,70-72H2,1-27H3/i28D,29D,30D,31D,44D,45D,46D,47D. The summed E-state index contributed by atoms with van der Waals surface area (Å²) in [5.41, 5.74) is 29.4. The van der Waals surface area contributed by atoms with Crippen molar-refractivity contribution in [2.75, 3.05) is 9.80 Å². The highest BCUT2D eigenvalue weighted by Gasteiger charge is 2.47. The molecule has 17 rings (SSSR count). The van der Waals surface area contributed by atoms with Gasteiger partial charge in [0.05, 0.1) is 44.4 Å². The van der Waals surface area contributed by atoms with Gasteiger partial charge < -0.3 is 18.9 Å². The molecule has 0 N–H and O–H groups in total. The van der Waals surface area contributed by atoms with Crippen molar-refractivity contribution in [3.05, 3.63) is 305 Å². The summed E-state index contributed by atoms with van der Waals surface area (Å²) < 4.78 is 82.7. The van der Waals surface area contributed by atoms with E-state index in [9.17, 15) is 11.0 Å². The minimum atomic E-state index is -0.537. The van der Waals surface area contributed by atoms with E-state index >= 15 is 0 Å². The number of hydrogen-bond acceptors (Lipinski definition) is 2. The molecule has 0 bridgehead atoms. The van der Waals surface area contributed by atoms with Crippen LogP contribution in [0.2, 0.25) is 0 Å². The molecular formula is C117H129BN4. The lowest BCUT2D eigenvalue weighted by molar-refractivity contribution is 0.411. The van der Waals surface area contributed by atoms with E-state index in [4.69, 9.17) is 0 Å². The molecule has 13 aromatic carbocycles. The summed E-state index contributed by atoms with van der Waals surface area (Å²) in [6, 6.07) is 77.1. The minimum absolute atomic E-state index is 0.0875. The van der Waals surface area contributed by atoms with Gasteiger partial charge in [0.1, 0.15) is 0 Å². The van der Waals surface area contributed by atoms with Crippen LogP contribution in [0.15, 0.2) is 255 Å². The highest BCUT2D eigenvalue weighted by atomic mass is 15.2. The first kappa shape index (κ1) is 73.8. The van der Waals surface area contributed by atoms with Gasteiger partial charge in [-0.25, -0.2) is 0 Å². The van der Waals surface area contributed by atoms with Gasteiger partial charge in [-0.15, -0.1) is 0 Å². The van der Waals surface area contributed by atoms with E-state index in [-0.39, 0.29) is 97.1 Å². The molecule has 0 spiro atoms. The van der Waals surface area contributed by atoms with Crippen LogP contribution >= 0.6 is 0 Å². The maximum absolute atomic E-state index is 10.2. The third-order valence-corrected chi connectivity index (χ3v) is 25.3. The lowest BCUT2D eigenvalue weighted by Gasteiger charge is -2.46. The Morgan fingerprint density at radius 3 is 0.844 bits per heavy atom. The molecule has 0 amide bonds. The molecule has 5 heteroatoms. The fourth-order valence-corrected chi connectivity index (χ4v) is 19.2. The normalized spacial score (nSPS) is 14.7. The summed E-state index contributed by atoms with van der Waals surface area (Å²) in [5, 5.41) is 2.42.